The summed E-state index contributed by atoms with van der Waals surface area (Å²) in [6, 6.07) is 0. The van der Waals surface area contributed by atoms with Gasteiger partial charge in [0.2, 0.25) is 0 Å². The summed E-state index contributed by atoms with van der Waals surface area (Å²) >= 11 is 0. The van der Waals surface area contributed by atoms with Crippen molar-refractivity contribution < 1.29 is 13.9 Å². The smallest absolute Gasteiger partial charge is 0.313 e. The summed E-state index contributed by atoms with van der Waals surface area (Å²) in [5.74, 6) is -1.12. The zero-order chi connectivity index (χ0) is 9.35. The predicted octanol–water partition coefficient (Wildman–Crippen LogP) is 0.495. The maximum Gasteiger partial charge on any atom is 0.313 e. The first-order valence-electron chi connectivity index (χ1n) is 3.96. The Morgan fingerprint density at radius 2 is 2.25 bits per heavy atom. The first-order valence-corrected chi connectivity index (χ1v) is 3.96. The van der Waals surface area contributed by atoms with Gasteiger partial charge in [-0.25, -0.2) is 4.39 Å². The van der Waals surface area contributed by atoms with Crippen molar-refractivity contribution in [3.8, 4) is 0 Å². The average Bonchev–Trinajstić information content (AvgIpc) is 2.27. The Balaban J connectivity index is 2.67. The van der Waals surface area contributed by atoms with E-state index in [9.17, 15) is 9.18 Å². The van der Waals surface area contributed by atoms with Crippen molar-refractivity contribution in [1.82, 2.24) is 5.32 Å². The largest absolute Gasteiger partial charge is 0.469 e. The van der Waals surface area contributed by atoms with Gasteiger partial charge in [-0.2, -0.15) is 0 Å². The number of carbonyl (C=O) groups excluding carboxylic acids is 1. The van der Waals surface area contributed by atoms with Crippen LogP contribution in [0.15, 0.2) is 0 Å². The normalized spacial score (nSPS) is 33.3. The molecule has 0 saturated carbocycles. The monoisotopic (exact) mass is 175 g/mol. The Labute approximate surface area is 71.3 Å². The molecule has 0 spiro atoms. The van der Waals surface area contributed by atoms with Crippen LogP contribution >= 0.6 is 0 Å². The van der Waals surface area contributed by atoms with Crippen LogP contribution in [0.4, 0.5) is 4.39 Å². The van der Waals surface area contributed by atoms with E-state index in [1.165, 1.54) is 7.11 Å². The summed E-state index contributed by atoms with van der Waals surface area (Å²) in [6.45, 7) is 3.84. The van der Waals surface area contributed by atoms with Crippen LogP contribution in [0.2, 0.25) is 0 Å². The van der Waals surface area contributed by atoms with Gasteiger partial charge < -0.3 is 10.1 Å². The van der Waals surface area contributed by atoms with E-state index in [2.05, 4.69) is 10.1 Å². The summed E-state index contributed by atoms with van der Waals surface area (Å²) in [6.07, 6.45) is -1.16. The first kappa shape index (κ1) is 9.45. The number of hydrogen-bond acceptors (Lipinski definition) is 3. The Hall–Kier alpha value is -0.640. The van der Waals surface area contributed by atoms with Gasteiger partial charge in [0.15, 0.2) is 0 Å². The zero-order valence-corrected chi connectivity index (χ0v) is 7.56. The molecular formula is C8H14FNO2. The maximum atomic E-state index is 13.4. The number of alkyl halides is 1. The molecule has 0 radical (unpaired) electrons. The van der Waals surface area contributed by atoms with Crippen molar-refractivity contribution in [1.29, 1.82) is 0 Å². The highest BCUT2D eigenvalue weighted by molar-refractivity contribution is 5.74. The number of hydrogen-bond donors (Lipinski definition) is 1. The summed E-state index contributed by atoms with van der Waals surface area (Å²) in [7, 11) is 1.28. The molecule has 1 aliphatic rings. The average molecular weight is 175 g/mol. The van der Waals surface area contributed by atoms with E-state index in [0.29, 0.717) is 6.54 Å². The number of carbonyl (C=O) groups is 1. The first-order chi connectivity index (χ1) is 5.49. The lowest BCUT2D eigenvalue weighted by atomic mass is 9.94. The molecule has 1 aliphatic heterocycles. The number of rotatable bonds is 1. The second kappa shape index (κ2) is 3.01. The van der Waals surface area contributed by atoms with E-state index in [4.69, 9.17) is 0 Å². The van der Waals surface area contributed by atoms with Crippen LogP contribution in [0.25, 0.3) is 0 Å². The quantitative estimate of drug-likeness (QED) is 0.590. The lowest BCUT2D eigenvalue weighted by molar-refractivity contribution is -0.146. The molecule has 1 fully saturated rings. The van der Waals surface area contributed by atoms with Gasteiger partial charge in [-0.15, -0.1) is 0 Å². The summed E-state index contributed by atoms with van der Waals surface area (Å²) in [5.41, 5.74) is -0.612. The van der Waals surface area contributed by atoms with E-state index in [-0.39, 0.29) is 0 Å². The minimum absolute atomic E-state index is 0.362. The van der Waals surface area contributed by atoms with Crippen LogP contribution in [-0.2, 0) is 9.53 Å². The molecule has 12 heavy (non-hydrogen) atoms. The Morgan fingerprint density at radius 3 is 2.58 bits per heavy atom. The maximum absolute atomic E-state index is 13.4. The molecule has 3 nitrogen and oxygen atoms in total. The fourth-order valence-corrected chi connectivity index (χ4v) is 1.43. The third kappa shape index (κ3) is 1.43. The molecule has 0 aromatic carbocycles. The third-order valence-corrected chi connectivity index (χ3v) is 2.32. The molecule has 4 heteroatoms. The van der Waals surface area contributed by atoms with Gasteiger partial charge in [0.05, 0.1) is 7.11 Å². The summed E-state index contributed by atoms with van der Waals surface area (Å²) in [4.78, 5) is 11.0. The Bertz CT molecular complexity index is 193. The molecule has 0 aliphatic carbocycles. The molecule has 2 unspecified atom stereocenters. The molecular weight excluding hydrogens is 161 g/mol. The Morgan fingerprint density at radius 1 is 1.67 bits per heavy atom. The van der Waals surface area contributed by atoms with Crippen molar-refractivity contribution in [2.24, 2.45) is 5.92 Å². The van der Waals surface area contributed by atoms with Gasteiger partial charge in [0, 0.05) is 12.1 Å². The molecule has 0 amide bonds. The molecule has 0 bridgehead atoms. The second-order valence-corrected chi connectivity index (χ2v) is 3.63. The minimum Gasteiger partial charge on any atom is -0.469 e. The molecule has 1 N–H and O–H groups in total. The standard InChI is InChI=1S/C8H14FNO2/c1-8(2)6(9)5(4-10-8)7(11)12-3/h5-6,10H,4H2,1-3H3. The third-order valence-electron chi connectivity index (χ3n) is 2.32. The van der Waals surface area contributed by atoms with E-state index < -0.39 is 23.6 Å². The number of halogens is 1. The van der Waals surface area contributed by atoms with Gasteiger partial charge in [-0.05, 0) is 13.8 Å². The summed E-state index contributed by atoms with van der Waals surface area (Å²) in [5, 5.41) is 2.94. The molecule has 0 aromatic rings. The van der Waals surface area contributed by atoms with Crippen LogP contribution in [0.5, 0.6) is 0 Å². The molecule has 0 aromatic heterocycles. The fourth-order valence-electron chi connectivity index (χ4n) is 1.43. The van der Waals surface area contributed by atoms with Crippen molar-refractivity contribution in [3.63, 3.8) is 0 Å². The van der Waals surface area contributed by atoms with Crippen LogP contribution in [0.3, 0.4) is 0 Å². The van der Waals surface area contributed by atoms with Gasteiger partial charge in [0.25, 0.3) is 0 Å². The minimum atomic E-state index is -1.16. The van der Waals surface area contributed by atoms with E-state index in [1.807, 2.05) is 0 Å². The topological polar surface area (TPSA) is 38.3 Å². The molecule has 1 saturated heterocycles. The van der Waals surface area contributed by atoms with Gasteiger partial charge in [-0.3, -0.25) is 4.79 Å². The van der Waals surface area contributed by atoms with E-state index >= 15 is 0 Å². The SMILES string of the molecule is COC(=O)C1CNC(C)(C)C1F. The van der Waals surface area contributed by atoms with Crippen LogP contribution in [0.1, 0.15) is 13.8 Å². The number of ether oxygens (including phenoxy) is 1. The summed E-state index contributed by atoms with van der Waals surface area (Å²) < 4.78 is 17.9. The van der Waals surface area contributed by atoms with Crippen molar-refractivity contribution in [2.75, 3.05) is 13.7 Å². The highest BCUT2D eigenvalue weighted by Gasteiger charge is 2.46. The number of methoxy groups -OCH3 is 1. The predicted molar refractivity (Wildman–Crippen MR) is 42.5 cm³/mol. The lowest BCUT2D eigenvalue weighted by Gasteiger charge is -2.21. The zero-order valence-electron chi connectivity index (χ0n) is 7.56. The number of nitrogens with one attached hydrogen (secondary N) is 1. The van der Waals surface area contributed by atoms with Crippen LogP contribution < -0.4 is 5.32 Å². The van der Waals surface area contributed by atoms with Gasteiger partial charge in [0.1, 0.15) is 12.1 Å². The van der Waals surface area contributed by atoms with Gasteiger partial charge >= 0.3 is 5.97 Å². The molecule has 1 heterocycles. The second-order valence-electron chi connectivity index (χ2n) is 3.63. The highest BCUT2D eigenvalue weighted by atomic mass is 19.1. The lowest BCUT2D eigenvalue weighted by Crippen LogP contribution is -2.40. The fraction of sp³-hybridized carbons (Fsp3) is 0.875. The van der Waals surface area contributed by atoms with Crippen molar-refractivity contribution in [3.05, 3.63) is 0 Å². The van der Waals surface area contributed by atoms with Crippen LogP contribution in [-0.4, -0.2) is 31.3 Å². The highest BCUT2D eigenvalue weighted by Crippen LogP contribution is 2.27. The Kier molecular flexibility index (Phi) is 2.37. The van der Waals surface area contributed by atoms with Gasteiger partial charge in [-0.1, -0.05) is 0 Å². The van der Waals surface area contributed by atoms with Crippen LogP contribution in [0, 0.1) is 5.92 Å². The molecule has 70 valence electrons. The van der Waals surface area contributed by atoms with E-state index in [1.54, 1.807) is 13.8 Å². The van der Waals surface area contributed by atoms with Crippen molar-refractivity contribution >= 4 is 5.97 Å². The molecule has 1 rings (SSSR count). The van der Waals surface area contributed by atoms with Crippen molar-refractivity contribution in [2.45, 2.75) is 25.6 Å². The van der Waals surface area contributed by atoms with E-state index in [0.717, 1.165) is 0 Å². The number of esters is 1. The molecule has 2 atom stereocenters.